The Labute approximate surface area is 84.3 Å². The number of nitrogens with zero attached hydrogens (tertiary/aromatic N) is 1. The van der Waals surface area contributed by atoms with Crippen molar-refractivity contribution in [3.8, 4) is 0 Å². The van der Waals surface area contributed by atoms with Gasteiger partial charge in [0.25, 0.3) is 0 Å². The highest BCUT2D eigenvalue weighted by molar-refractivity contribution is 8.14. The molecule has 0 amide bonds. The standard InChI is InChI=1S/C9H18N2OS/c1-8-7-13-9(11-8)10-5-3-4-6-12-2/h8H,3-7H2,1-2H3,(H,10,11). The average molecular weight is 202 g/mol. The summed E-state index contributed by atoms with van der Waals surface area (Å²) in [6.07, 6.45) is 2.22. The third kappa shape index (κ3) is 4.52. The van der Waals surface area contributed by atoms with Crippen LogP contribution >= 0.6 is 11.8 Å². The first-order valence-electron chi connectivity index (χ1n) is 4.75. The summed E-state index contributed by atoms with van der Waals surface area (Å²) in [7, 11) is 1.74. The predicted molar refractivity (Wildman–Crippen MR) is 58.5 cm³/mol. The summed E-state index contributed by atoms with van der Waals surface area (Å²) < 4.78 is 4.96. The molecule has 0 aromatic heterocycles. The van der Waals surface area contributed by atoms with E-state index in [1.54, 1.807) is 7.11 Å². The molecule has 4 heteroatoms. The van der Waals surface area contributed by atoms with Gasteiger partial charge >= 0.3 is 0 Å². The number of thioether (sulfide) groups is 1. The molecular formula is C9H18N2OS. The molecule has 0 aromatic rings. The normalized spacial score (nSPS) is 25.1. The molecule has 1 rings (SSSR count). The van der Waals surface area contributed by atoms with Gasteiger partial charge in [-0.1, -0.05) is 11.8 Å². The Morgan fingerprint density at radius 1 is 1.62 bits per heavy atom. The largest absolute Gasteiger partial charge is 0.385 e. The van der Waals surface area contributed by atoms with Gasteiger partial charge < -0.3 is 10.1 Å². The molecule has 1 heterocycles. The van der Waals surface area contributed by atoms with Crippen LogP contribution in [0.25, 0.3) is 0 Å². The number of ether oxygens (including phenoxy) is 1. The van der Waals surface area contributed by atoms with Gasteiger partial charge in [0, 0.05) is 32.1 Å². The molecule has 76 valence electrons. The summed E-state index contributed by atoms with van der Waals surface area (Å²) in [5.41, 5.74) is 0. The van der Waals surface area contributed by atoms with Crippen LogP contribution in [0.5, 0.6) is 0 Å². The van der Waals surface area contributed by atoms with Crippen LogP contribution in [-0.4, -0.2) is 37.2 Å². The fourth-order valence-corrected chi connectivity index (χ4v) is 2.09. The van der Waals surface area contributed by atoms with Crippen LogP contribution in [0.2, 0.25) is 0 Å². The number of unbranched alkanes of at least 4 members (excludes halogenated alkanes) is 1. The van der Waals surface area contributed by atoms with E-state index in [0.29, 0.717) is 6.04 Å². The number of aliphatic imine (C=N–C) groups is 1. The van der Waals surface area contributed by atoms with E-state index in [0.717, 1.165) is 36.9 Å². The van der Waals surface area contributed by atoms with Gasteiger partial charge in [0.15, 0.2) is 5.17 Å². The van der Waals surface area contributed by atoms with Crippen molar-refractivity contribution in [2.45, 2.75) is 25.8 Å². The lowest BCUT2D eigenvalue weighted by Crippen LogP contribution is -2.23. The molecule has 1 saturated heterocycles. The van der Waals surface area contributed by atoms with Crippen molar-refractivity contribution in [1.29, 1.82) is 0 Å². The number of hydrogen-bond donors (Lipinski definition) is 1. The second-order valence-electron chi connectivity index (χ2n) is 3.24. The predicted octanol–water partition coefficient (Wildman–Crippen LogP) is 1.49. The van der Waals surface area contributed by atoms with Crippen LogP contribution in [-0.2, 0) is 4.74 Å². The van der Waals surface area contributed by atoms with Gasteiger partial charge in [0.2, 0.25) is 0 Å². The van der Waals surface area contributed by atoms with E-state index in [2.05, 4.69) is 17.2 Å². The van der Waals surface area contributed by atoms with Gasteiger partial charge in [-0.25, -0.2) is 0 Å². The fraction of sp³-hybridized carbons (Fsp3) is 0.889. The van der Waals surface area contributed by atoms with E-state index in [-0.39, 0.29) is 0 Å². The monoisotopic (exact) mass is 202 g/mol. The molecule has 3 nitrogen and oxygen atoms in total. The van der Waals surface area contributed by atoms with Crippen molar-refractivity contribution >= 4 is 16.9 Å². The van der Waals surface area contributed by atoms with Crippen molar-refractivity contribution in [2.75, 3.05) is 26.0 Å². The lowest BCUT2D eigenvalue weighted by atomic mass is 10.3. The van der Waals surface area contributed by atoms with E-state index in [4.69, 9.17) is 4.74 Å². The van der Waals surface area contributed by atoms with Crippen LogP contribution < -0.4 is 5.32 Å². The summed E-state index contributed by atoms with van der Waals surface area (Å²) >= 11 is 1.82. The van der Waals surface area contributed by atoms with Crippen molar-refractivity contribution in [3.05, 3.63) is 0 Å². The zero-order valence-electron chi connectivity index (χ0n) is 8.38. The molecule has 13 heavy (non-hydrogen) atoms. The summed E-state index contributed by atoms with van der Waals surface area (Å²) in [5, 5.41) is 4.44. The Morgan fingerprint density at radius 3 is 3.08 bits per heavy atom. The maximum Gasteiger partial charge on any atom is 0.156 e. The van der Waals surface area contributed by atoms with Gasteiger partial charge in [-0.15, -0.1) is 0 Å². The van der Waals surface area contributed by atoms with E-state index in [1.165, 1.54) is 0 Å². The second-order valence-corrected chi connectivity index (χ2v) is 4.25. The fourth-order valence-electron chi connectivity index (χ4n) is 1.13. The van der Waals surface area contributed by atoms with Crippen LogP contribution in [0.3, 0.4) is 0 Å². The van der Waals surface area contributed by atoms with Gasteiger partial charge in [0.05, 0.1) is 0 Å². The Bertz CT molecular complexity index is 173. The zero-order valence-corrected chi connectivity index (χ0v) is 9.19. The number of hydrogen-bond acceptors (Lipinski definition) is 3. The smallest absolute Gasteiger partial charge is 0.156 e. The summed E-state index contributed by atoms with van der Waals surface area (Å²) in [5.74, 6) is 1.15. The molecule has 1 fully saturated rings. The molecule has 1 unspecified atom stereocenters. The highest BCUT2D eigenvalue weighted by Crippen LogP contribution is 2.12. The minimum absolute atomic E-state index is 0.586. The van der Waals surface area contributed by atoms with E-state index in [9.17, 15) is 0 Å². The maximum atomic E-state index is 4.96. The number of methoxy groups -OCH3 is 1. The molecule has 1 aliphatic heterocycles. The molecule has 1 N–H and O–H groups in total. The molecule has 1 atom stereocenters. The average Bonchev–Trinajstić information content (AvgIpc) is 2.51. The number of amidine groups is 1. The first kappa shape index (κ1) is 10.9. The highest BCUT2D eigenvalue weighted by atomic mass is 32.2. The van der Waals surface area contributed by atoms with E-state index in [1.807, 2.05) is 11.8 Å². The van der Waals surface area contributed by atoms with Crippen molar-refractivity contribution in [3.63, 3.8) is 0 Å². The lowest BCUT2D eigenvalue weighted by Gasteiger charge is -2.00. The molecule has 0 saturated carbocycles. The topological polar surface area (TPSA) is 33.6 Å². The molecule has 0 spiro atoms. The van der Waals surface area contributed by atoms with Gasteiger partial charge in [-0.2, -0.15) is 0 Å². The first-order chi connectivity index (χ1) is 6.33. The summed E-state index contributed by atoms with van der Waals surface area (Å²) in [4.78, 5) is 4.46. The quantitative estimate of drug-likeness (QED) is 0.686. The minimum Gasteiger partial charge on any atom is -0.385 e. The summed E-state index contributed by atoms with van der Waals surface area (Å²) in [6.45, 7) is 3.95. The van der Waals surface area contributed by atoms with Crippen LogP contribution in [0.15, 0.2) is 4.99 Å². The van der Waals surface area contributed by atoms with Crippen LogP contribution in [0.1, 0.15) is 19.8 Å². The van der Waals surface area contributed by atoms with Crippen molar-refractivity contribution < 1.29 is 4.74 Å². The Balaban J connectivity index is 2.03. The molecule has 0 radical (unpaired) electrons. The maximum absolute atomic E-state index is 4.96. The van der Waals surface area contributed by atoms with E-state index >= 15 is 0 Å². The highest BCUT2D eigenvalue weighted by Gasteiger charge is 2.14. The summed E-state index contributed by atoms with van der Waals surface area (Å²) in [6, 6.07) is 0.586. The van der Waals surface area contributed by atoms with Crippen molar-refractivity contribution in [1.82, 2.24) is 5.32 Å². The Morgan fingerprint density at radius 2 is 2.46 bits per heavy atom. The molecule has 0 aromatic carbocycles. The third-order valence-electron chi connectivity index (χ3n) is 1.85. The second kappa shape index (κ2) is 6.27. The molecule has 0 aliphatic carbocycles. The van der Waals surface area contributed by atoms with Gasteiger partial charge in [-0.3, -0.25) is 4.99 Å². The lowest BCUT2D eigenvalue weighted by molar-refractivity contribution is 0.193. The minimum atomic E-state index is 0.586. The third-order valence-corrected chi connectivity index (χ3v) is 3.04. The zero-order chi connectivity index (χ0) is 9.52. The van der Waals surface area contributed by atoms with Crippen LogP contribution in [0, 0.1) is 0 Å². The molecule has 1 aliphatic rings. The van der Waals surface area contributed by atoms with Gasteiger partial charge in [-0.05, 0) is 19.8 Å². The number of rotatable bonds is 5. The van der Waals surface area contributed by atoms with Crippen LogP contribution in [0.4, 0.5) is 0 Å². The Kier molecular flexibility index (Phi) is 5.23. The van der Waals surface area contributed by atoms with E-state index < -0.39 is 0 Å². The SMILES string of the molecule is COCCCCN=C1NC(C)CS1. The van der Waals surface area contributed by atoms with Crippen molar-refractivity contribution in [2.24, 2.45) is 4.99 Å². The molecular weight excluding hydrogens is 184 g/mol. The number of nitrogens with one attached hydrogen (secondary N) is 1. The Hall–Kier alpha value is -0.220. The van der Waals surface area contributed by atoms with Gasteiger partial charge in [0.1, 0.15) is 0 Å². The molecule has 0 bridgehead atoms. The first-order valence-corrected chi connectivity index (χ1v) is 5.74.